The van der Waals surface area contributed by atoms with Gasteiger partial charge in [0.15, 0.2) is 0 Å². The molecule has 27 heavy (non-hydrogen) atoms. The fraction of sp³-hybridized carbons (Fsp3) is 0.286. The Hall–Kier alpha value is -2.76. The van der Waals surface area contributed by atoms with Crippen LogP contribution in [0, 0.1) is 17.5 Å². The van der Waals surface area contributed by atoms with Crippen molar-refractivity contribution in [2.75, 3.05) is 6.54 Å². The van der Waals surface area contributed by atoms with E-state index in [1.54, 1.807) is 32.9 Å². The molecule has 2 aromatic rings. The molecule has 0 saturated carbocycles. The van der Waals surface area contributed by atoms with Gasteiger partial charge in [0, 0.05) is 5.56 Å². The zero-order chi connectivity index (χ0) is 19.8. The monoisotopic (exact) mass is 375 g/mol. The van der Waals surface area contributed by atoms with Crippen molar-refractivity contribution >= 4 is 11.7 Å². The normalized spacial score (nSPS) is 17.0. The summed E-state index contributed by atoms with van der Waals surface area (Å²) in [4.78, 5) is 14.0. The number of carbonyl (C=O) groups is 1. The summed E-state index contributed by atoms with van der Waals surface area (Å²) >= 11 is 0. The number of amides is 1. The number of hydrogen-bond donors (Lipinski definition) is 0. The molecule has 142 valence electrons. The highest BCUT2D eigenvalue weighted by Gasteiger charge is 2.34. The Kier molecular flexibility index (Phi) is 5.00. The lowest BCUT2D eigenvalue weighted by molar-refractivity contribution is 0.0242. The Morgan fingerprint density at radius 1 is 1.07 bits per heavy atom. The Bertz CT molecular complexity index is 903. The highest BCUT2D eigenvalue weighted by Crippen LogP contribution is 2.36. The van der Waals surface area contributed by atoms with Crippen LogP contribution in [0.25, 0.3) is 5.57 Å². The summed E-state index contributed by atoms with van der Waals surface area (Å²) in [5.74, 6) is -1.62. The average molecular weight is 375 g/mol. The van der Waals surface area contributed by atoms with Crippen molar-refractivity contribution in [2.45, 2.75) is 32.4 Å². The number of benzene rings is 2. The molecule has 0 radical (unpaired) electrons. The van der Waals surface area contributed by atoms with E-state index in [-0.39, 0.29) is 12.1 Å². The molecule has 3 rings (SSSR count). The third-order valence-corrected chi connectivity index (χ3v) is 4.13. The van der Waals surface area contributed by atoms with Crippen LogP contribution in [-0.4, -0.2) is 23.1 Å². The fourth-order valence-electron chi connectivity index (χ4n) is 3.00. The van der Waals surface area contributed by atoms with Gasteiger partial charge in [-0.25, -0.2) is 18.0 Å². The fourth-order valence-corrected chi connectivity index (χ4v) is 3.00. The molecule has 0 N–H and O–H groups in total. The molecule has 1 unspecified atom stereocenters. The number of halogens is 3. The molecule has 0 saturated heterocycles. The van der Waals surface area contributed by atoms with Gasteiger partial charge in [0.25, 0.3) is 0 Å². The van der Waals surface area contributed by atoms with E-state index in [2.05, 4.69) is 0 Å². The van der Waals surface area contributed by atoms with Gasteiger partial charge in [-0.05, 0) is 62.2 Å². The summed E-state index contributed by atoms with van der Waals surface area (Å²) in [6, 6.07) is 8.33. The number of hydrogen-bond acceptors (Lipinski definition) is 2. The van der Waals surface area contributed by atoms with E-state index in [1.165, 1.54) is 23.1 Å². The molecule has 1 aliphatic rings. The zero-order valence-electron chi connectivity index (χ0n) is 15.3. The minimum absolute atomic E-state index is 0.0243. The topological polar surface area (TPSA) is 29.5 Å². The maximum Gasteiger partial charge on any atom is 0.411 e. The van der Waals surface area contributed by atoms with Gasteiger partial charge < -0.3 is 4.74 Å². The summed E-state index contributed by atoms with van der Waals surface area (Å²) < 4.78 is 46.9. The molecule has 0 aliphatic carbocycles. The molecule has 1 aliphatic heterocycles. The molecule has 6 heteroatoms. The van der Waals surface area contributed by atoms with Crippen molar-refractivity contribution in [3.63, 3.8) is 0 Å². The molecule has 1 atom stereocenters. The van der Waals surface area contributed by atoms with Crippen LogP contribution < -0.4 is 0 Å². The van der Waals surface area contributed by atoms with Crippen molar-refractivity contribution in [2.24, 2.45) is 0 Å². The minimum Gasteiger partial charge on any atom is -0.444 e. The lowest BCUT2D eigenvalue weighted by Gasteiger charge is -2.29. The summed E-state index contributed by atoms with van der Waals surface area (Å²) in [6.45, 7) is 5.23. The standard InChI is InChI=1S/C21H20F3NO2/c1-21(2,3)27-20(26)25-12-14(17-11-16(23)7-8-18(17)24)10-19(25)13-5-4-6-15(22)9-13/h4-11,19H,12H2,1-3H3. The quantitative estimate of drug-likeness (QED) is 0.696. The van der Waals surface area contributed by atoms with E-state index < -0.39 is 35.2 Å². The predicted octanol–water partition coefficient (Wildman–Crippen LogP) is 5.48. The molecule has 1 amide bonds. The number of rotatable bonds is 2. The van der Waals surface area contributed by atoms with E-state index in [1.807, 2.05) is 0 Å². The van der Waals surface area contributed by atoms with Crippen LogP contribution in [0.5, 0.6) is 0 Å². The van der Waals surface area contributed by atoms with Gasteiger partial charge >= 0.3 is 6.09 Å². The van der Waals surface area contributed by atoms with Crippen molar-refractivity contribution in [3.05, 3.63) is 77.1 Å². The lowest BCUT2D eigenvalue weighted by atomic mass is 10.0. The number of carbonyl (C=O) groups excluding carboxylic acids is 1. The summed E-state index contributed by atoms with van der Waals surface area (Å²) in [5.41, 5.74) is 0.304. The van der Waals surface area contributed by atoms with Crippen LogP contribution in [0.15, 0.2) is 48.5 Å². The Morgan fingerprint density at radius 2 is 1.78 bits per heavy atom. The second-order valence-electron chi connectivity index (χ2n) is 7.42. The van der Waals surface area contributed by atoms with Gasteiger partial charge in [-0.1, -0.05) is 18.2 Å². The van der Waals surface area contributed by atoms with Crippen LogP contribution in [0.2, 0.25) is 0 Å². The summed E-state index contributed by atoms with van der Waals surface area (Å²) in [5, 5.41) is 0. The minimum atomic E-state index is -0.726. The van der Waals surface area contributed by atoms with Gasteiger partial charge in [0.05, 0.1) is 12.6 Å². The first-order valence-corrected chi connectivity index (χ1v) is 8.55. The molecular weight excluding hydrogens is 355 g/mol. The Balaban J connectivity index is 2.01. The van der Waals surface area contributed by atoms with Crippen LogP contribution >= 0.6 is 0 Å². The number of nitrogens with zero attached hydrogens (tertiary/aromatic N) is 1. The van der Waals surface area contributed by atoms with Crippen LogP contribution in [0.3, 0.4) is 0 Å². The first-order valence-electron chi connectivity index (χ1n) is 8.55. The molecule has 0 fully saturated rings. The highest BCUT2D eigenvalue weighted by molar-refractivity contribution is 5.79. The molecular formula is C21H20F3NO2. The van der Waals surface area contributed by atoms with Crippen molar-refractivity contribution in [1.82, 2.24) is 4.90 Å². The van der Waals surface area contributed by atoms with E-state index in [4.69, 9.17) is 4.74 Å². The number of ether oxygens (including phenoxy) is 1. The third kappa shape index (κ3) is 4.32. The van der Waals surface area contributed by atoms with E-state index in [9.17, 15) is 18.0 Å². The van der Waals surface area contributed by atoms with Crippen molar-refractivity contribution in [3.8, 4) is 0 Å². The first kappa shape index (κ1) is 19.0. The SMILES string of the molecule is CC(C)(C)OC(=O)N1CC(c2cc(F)ccc2F)=CC1c1cccc(F)c1. The zero-order valence-corrected chi connectivity index (χ0v) is 15.3. The molecule has 3 nitrogen and oxygen atoms in total. The van der Waals surface area contributed by atoms with Crippen LogP contribution in [0.1, 0.15) is 37.9 Å². The third-order valence-electron chi connectivity index (χ3n) is 4.13. The predicted molar refractivity (Wildman–Crippen MR) is 96.4 cm³/mol. The second-order valence-corrected chi connectivity index (χ2v) is 7.42. The van der Waals surface area contributed by atoms with Crippen LogP contribution in [0.4, 0.5) is 18.0 Å². The van der Waals surface area contributed by atoms with Gasteiger partial charge in [-0.3, -0.25) is 4.90 Å². The largest absolute Gasteiger partial charge is 0.444 e. The molecule has 0 bridgehead atoms. The smallest absolute Gasteiger partial charge is 0.411 e. The molecule has 1 heterocycles. The maximum absolute atomic E-state index is 14.2. The van der Waals surface area contributed by atoms with Crippen molar-refractivity contribution in [1.29, 1.82) is 0 Å². The van der Waals surface area contributed by atoms with E-state index >= 15 is 0 Å². The molecule has 0 spiro atoms. The van der Waals surface area contributed by atoms with Crippen molar-refractivity contribution < 1.29 is 22.7 Å². The Labute approximate surface area is 156 Å². The highest BCUT2D eigenvalue weighted by atomic mass is 19.1. The molecule has 2 aromatic carbocycles. The van der Waals surface area contributed by atoms with Gasteiger partial charge in [-0.15, -0.1) is 0 Å². The Morgan fingerprint density at radius 3 is 2.44 bits per heavy atom. The average Bonchev–Trinajstić information content (AvgIpc) is 3.01. The van der Waals surface area contributed by atoms with Gasteiger partial charge in [0.2, 0.25) is 0 Å². The van der Waals surface area contributed by atoms with E-state index in [0.717, 1.165) is 18.2 Å². The van der Waals surface area contributed by atoms with Crippen LogP contribution in [-0.2, 0) is 4.74 Å². The van der Waals surface area contributed by atoms with Gasteiger partial charge in [-0.2, -0.15) is 0 Å². The second kappa shape index (κ2) is 7.10. The molecule has 0 aromatic heterocycles. The summed E-state index contributed by atoms with van der Waals surface area (Å²) in [6.07, 6.45) is 1.02. The summed E-state index contributed by atoms with van der Waals surface area (Å²) in [7, 11) is 0. The maximum atomic E-state index is 14.2. The van der Waals surface area contributed by atoms with E-state index in [0.29, 0.717) is 11.1 Å². The van der Waals surface area contributed by atoms with Gasteiger partial charge in [0.1, 0.15) is 23.1 Å². The first-order chi connectivity index (χ1) is 12.6. The lowest BCUT2D eigenvalue weighted by Crippen LogP contribution is -2.37.